The van der Waals surface area contributed by atoms with Crippen LogP contribution in [0.2, 0.25) is 0 Å². The summed E-state index contributed by atoms with van der Waals surface area (Å²) in [4.78, 5) is 4.27. The summed E-state index contributed by atoms with van der Waals surface area (Å²) in [5.74, 6) is 0.752. The normalized spacial score (nSPS) is 11.6. The van der Waals surface area contributed by atoms with Crippen LogP contribution in [0.5, 0.6) is 0 Å². The van der Waals surface area contributed by atoms with Gasteiger partial charge < -0.3 is 0 Å². The average Bonchev–Trinajstić information content (AvgIpc) is 2.96. The Labute approximate surface area is 247 Å². The van der Waals surface area contributed by atoms with E-state index in [-0.39, 0.29) is 0 Å². The molecule has 39 heavy (non-hydrogen) atoms. The predicted molar refractivity (Wildman–Crippen MR) is 177 cm³/mol. The van der Waals surface area contributed by atoms with Crippen LogP contribution in [0, 0.1) is 0 Å². The summed E-state index contributed by atoms with van der Waals surface area (Å²) in [6.45, 7) is 4.61. The second-order valence-corrected chi connectivity index (χ2v) is 12.7. The van der Waals surface area contributed by atoms with Crippen molar-refractivity contribution in [2.75, 3.05) is 0 Å². The summed E-state index contributed by atoms with van der Waals surface area (Å²) < 4.78 is 0. The van der Waals surface area contributed by atoms with Gasteiger partial charge in [-0.2, -0.15) is 0 Å². The Hall–Kier alpha value is -0.850. The van der Waals surface area contributed by atoms with Crippen LogP contribution in [0.1, 0.15) is 218 Å². The van der Waals surface area contributed by atoms with Gasteiger partial charge in [-0.05, 0) is 36.5 Å². The number of unbranched alkanes of at least 4 members (excludes halogenated alkanes) is 26. The van der Waals surface area contributed by atoms with Crippen LogP contribution >= 0.6 is 0 Å². The van der Waals surface area contributed by atoms with Crippen molar-refractivity contribution in [3.8, 4) is 0 Å². The van der Waals surface area contributed by atoms with E-state index >= 15 is 0 Å². The molecule has 0 atom stereocenters. The average molecular weight is 542 g/mol. The molecule has 1 nitrogen and oxygen atoms in total. The second kappa shape index (κ2) is 30.1. The largest absolute Gasteiger partial charge is 0.265 e. The fourth-order valence-electron chi connectivity index (χ4n) is 6.28. The highest BCUT2D eigenvalue weighted by Crippen LogP contribution is 2.28. The van der Waals surface area contributed by atoms with Gasteiger partial charge in [-0.25, -0.2) is 0 Å². The van der Waals surface area contributed by atoms with Crippen LogP contribution in [-0.4, -0.2) is 4.98 Å². The van der Waals surface area contributed by atoms with Crippen LogP contribution in [0.15, 0.2) is 24.5 Å². The Morgan fingerprint density at radius 1 is 0.385 bits per heavy atom. The van der Waals surface area contributed by atoms with Gasteiger partial charge >= 0.3 is 0 Å². The van der Waals surface area contributed by atoms with Crippen molar-refractivity contribution in [3.63, 3.8) is 0 Å². The van der Waals surface area contributed by atoms with E-state index in [9.17, 15) is 0 Å². The molecule has 0 radical (unpaired) electrons. The molecule has 0 amide bonds. The first-order chi connectivity index (χ1) is 19.4. The maximum Gasteiger partial charge on any atom is 0.0270 e. The third-order valence-corrected chi connectivity index (χ3v) is 8.99. The number of aromatic nitrogens is 1. The molecular weight excluding hydrogens is 470 g/mol. The quantitative estimate of drug-likeness (QED) is 0.0851. The van der Waals surface area contributed by atoms with E-state index in [0.717, 1.165) is 5.92 Å². The molecule has 1 rings (SSSR count). The molecule has 0 bridgehead atoms. The van der Waals surface area contributed by atoms with E-state index in [1.807, 2.05) is 12.4 Å². The van der Waals surface area contributed by atoms with Crippen molar-refractivity contribution >= 4 is 0 Å². The van der Waals surface area contributed by atoms with E-state index in [0.29, 0.717) is 0 Å². The lowest BCUT2D eigenvalue weighted by Crippen LogP contribution is -2.00. The maximum absolute atomic E-state index is 4.27. The minimum absolute atomic E-state index is 0.752. The van der Waals surface area contributed by atoms with Gasteiger partial charge in [0.1, 0.15) is 0 Å². The fourth-order valence-corrected chi connectivity index (χ4v) is 6.28. The molecule has 228 valence electrons. The Balaban J connectivity index is 1.99. The van der Waals surface area contributed by atoms with Crippen molar-refractivity contribution in [3.05, 3.63) is 30.1 Å². The third-order valence-electron chi connectivity index (χ3n) is 8.99. The lowest BCUT2D eigenvalue weighted by molar-refractivity contribution is 0.479. The number of rotatable bonds is 31. The van der Waals surface area contributed by atoms with Gasteiger partial charge in [-0.3, -0.25) is 4.98 Å². The van der Waals surface area contributed by atoms with Gasteiger partial charge in [0.15, 0.2) is 0 Å². The van der Waals surface area contributed by atoms with Crippen LogP contribution in [0.3, 0.4) is 0 Å². The van der Waals surface area contributed by atoms with Crippen molar-refractivity contribution in [2.24, 2.45) is 0 Å². The summed E-state index contributed by atoms with van der Waals surface area (Å²) in [7, 11) is 0. The first-order valence-corrected chi connectivity index (χ1v) is 18.3. The highest BCUT2D eigenvalue weighted by atomic mass is 14.6. The Kier molecular flexibility index (Phi) is 27.9. The van der Waals surface area contributed by atoms with Crippen LogP contribution in [0.25, 0.3) is 0 Å². The summed E-state index contributed by atoms with van der Waals surface area (Å²) in [6.07, 6.45) is 47.3. The molecule has 0 fully saturated rings. The molecule has 1 aromatic rings. The van der Waals surface area contributed by atoms with Gasteiger partial charge in [-0.15, -0.1) is 0 Å². The smallest absolute Gasteiger partial charge is 0.0270 e. The summed E-state index contributed by atoms with van der Waals surface area (Å²) in [5, 5.41) is 0. The number of nitrogens with zero attached hydrogens (tertiary/aromatic N) is 1. The highest BCUT2D eigenvalue weighted by molar-refractivity contribution is 5.15. The molecule has 0 aliphatic carbocycles. The zero-order valence-electron chi connectivity index (χ0n) is 27.0. The van der Waals surface area contributed by atoms with Crippen molar-refractivity contribution in [1.29, 1.82) is 0 Å². The molecule has 1 heterocycles. The summed E-state index contributed by atoms with van der Waals surface area (Å²) >= 11 is 0. The summed E-state index contributed by atoms with van der Waals surface area (Å²) in [5.41, 5.74) is 1.54. The molecule has 0 unspecified atom stereocenters. The standard InChI is InChI=1S/C38H71N/c1-3-5-7-9-11-13-15-17-19-21-23-25-27-29-31-37(38-33-35-39-36-34-38)32-30-28-26-24-22-20-18-16-14-12-10-8-6-4-2/h33-37H,3-32H2,1-2H3. The Morgan fingerprint density at radius 2 is 0.641 bits per heavy atom. The molecule has 0 saturated heterocycles. The molecule has 1 aromatic heterocycles. The zero-order chi connectivity index (χ0) is 27.9. The number of hydrogen-bond acceptors (Lipinski definition) is 1. The molecule has 0 aliphatic rings. The minimum Gasteiger partial charge on any atom is -0.265 e. The minimum atomic E-state index is 0.752. The highest BCUT2D eigenvalue weighted by Gasteiger charge is 2.11. The molecule has 0 aliphatic heterocycles. The van der Waals surface area contributed by atoms with Gasteiger partial charge in [0.05, 0.1) is 0 Å². The predicted octanol–water partition coefficient (Wildman–Crippen LogP) is 13.9. The lowest BCUT2D eigenvalue weighted by Gasteiger charge is -2.17. The van der Waals surface area contributed by atoms with E-state index in [1.165, 1.54) is 198 Å². The first-order valence-electron chi connectivity index (χ1n) is 18.3. The van der Waals surface area contributed by atoms with Gasteiger partial charge in [0.2, 0.25) is 0 Å². The zero-order valence-corrected chi connectivity index (χ0v) is 27.0. The second-order valence-electron chi connectivity index (χ2n) is 12.7. The molecule has 0 spiro atoms. The van der Waals surface area contributed by atoms with Gasteiger partial charge in [0, 0.05) is 12.4 Å². The molecule has 0 aromatic carbocycles. The monoisotopic (exact) mass is 542 g/mol. The molecule has 0 N–H and O–H groups in total. The van der Waals surface area contributed by atoms with E-state index < -0.39 is 0 Å². The van der Waals surface area contributed by atoms with Crippen molar-refractivity contribution in [2.45, 2.75) is 212 Å². The summed E-state index contributed by atoms with van der Waals surface area (Å²) in [6, 6.07) is 4.55. The van der Waals surface area contributed by atoms with E-state index in [2.05, 4.69) is 31.0 Å². The maximum atomic E-state index is 4.27. The van der Waals surface area contributed by atoms with E-state index in [4.69, 9.17) is 0 Å². The topological polar surface area (TPSA) is 12.9 Å². The van der Waals surface area contributed by atoms with Crippen molar-refractivity contribution in [1.82, 2.24) is 4.98 Å². The SMILES string of the molecule is CCCCCCCCCCCCCCCCC(CCCCCCCCCCCCCCCC)c1ccncc1. The first kappa shape index (κ1) is 36.2. The lowest BCUT2D eigenvalue weighted by atomic mass is 9.88. The van der Waals surface area contributed by atoms with Crippen LogP contribution < -0.4 is 0 Å². The number of pyridine rings is 1. The van der Waals surface area contributed by atoms with Crippen molar-refractivity contribution < 1.29 is 0 Å². The van der Waals surface area contributed by atoms with Gasteiger partial charge in [-0.1, -0.05) is 194 Å². The third kappa shape index (κ3) is 24.7. The van der Waals surface area contributed by atoms with E-state index in [1.54, 1.807) is 0 Å². The fraction of sp³-hybridized carbons (Fsp3) is 0.868. The van der Waals surface area contributed by atoms with Crippen LogP contribution in [0.4, 0.5) is 0 Å². The van der Waals surface area contributed by atoms with Gasteiger partial charge in [0.25, 0.3) is 0 Å². The molecule has 1 heteroatoms. The number of hydrogen-bond donors (Lipinski definition) is 0. The Morgan fingerprint density at radius 3 is 0.923 bits per heavy atom. The molecular formula is C38H71N. The van der Waals surface area contributed by atoms with Crippen LogP contribution in [-0.2, 0) is 0 Å². The Bertz CT molecular complexity index is 535. The molecule has 0 saturated carbocycles.